The van der Waals surface area contributed by atoms with E-state index in [1.807, 2.05) is 0 Å². The minimum atomic E-state index is -4.97. The zero-order valence-electron chi connectivity index (χ0n) is 14.7. The number of alkyl halides is 6. The van der Waals surface area contributed by atoms with Crippen LogP contribution in [0.2, 0.25) is 0 Å². The smallest absolute Gasteiger partial charge is 0.380 e. The molecule has 2 aromatic carbocycles. The molecule has 0 aliphatic heterocycles. The van der Waals surface area contributed by atoms with Gasteiger partial charge >= 0.3 is 12.4 Å². The van der Waals surface area contributed by atoms with Crippen LogP contribution in [0.3, 0.4) is 0 Å². The third-order valence-electron chi connectivity index (χ3n) is 4.06. The van der Waals surface area contributed by atoms with Crippen LogP contribution < -0.4 is 4.90 Å². The van der Waals surface area contributed by atoms with Crippen LogP contribution >= 0.6 is 0 Å². The van der Waals surface area contributed by atoms with Crippen LogP contribution in [0.25, 0.3) is 0 Å². The van der Waals surface area contributed by atoms with Crippen molar-refractivity contribution in [2.24, 2.45) is 0 Å². The fourth-order valence-corrected chi connectivity index (χ4v) is 2.73. The minimum Gasteiger partial charge on any atom is -0.380 e. The van der Waals surface area contributed by atoms with Crippen molar-refractivity contribution in [3.63, 3.8) is 0 Å². The maximum atomic E-state index is 13.5. The molecule has 0 aromatic heterocycles. The molecular weight excluding hydrogens is 388 g/mol. The monoisotopic (exact) mass is 405 g/mol. The van der Waals surface area contributed by atoms with E-state index in [2.05, 4.69) is 0 Å². The van der Waals surface area contributed by atoms with Crippen molar-refractivity contribution in [1.82, 2.24) is 0 Å². The van der Waals surface area contributed by atoms with Crippen molar-refractivity contribution >= 4 is 11.5 Å². The summed E-state index contributed by atoms with van der Waals surface area (Å²) in [6.45, 7) is -0.228. The summed E-state index contributed by atoms with van der Waals surface area (Å²) >= 11 is 0. The van der Waals surface area contributed by atoms with E-state index in [0.717, 1.165) is 17.0 Å². The Morgan fingerprint density at radius 2 is 1.64 bits per heavy atom. The molecule has 28 heavy (non-hydrogen) atoms. The van der Waals surface area contributed by atoms with Gasteiger partial charge in [0.1, 0.15) is 12.6 Å². The third-order valence-corrected chi connectivity index (χ3v) is 4.06. The summed E-state index contributed by atoms with van der Waals surface area (Å²) in [7, 11) is 0. The second-order valence-electron chi connectivity index (χ2n) is 6.03. The summed E-state index contributed by atoms with van der Waals surface area (Å²) in [5, 5.41) is 10.2. The molecule has 1 atom stereocenters. The first-order valence-electron chi connectivity index (χ1n) is 8.24. The number of nitrogens with zero attached hydrogens (tertiary/aromatic N) is 1. The molecule has 2 aromatic rings. The predicted molar refractivity (Wildman–Crippen MR) is 91.1 cm³/mol. The zero-order valence-corrected chi connectivity index (χ0v) is 14.7. The Hall–Kier alpha value is -2.55. The Balaban J connectivity index is 2.46. The molecule has 0 spiro atoms. The van der Waals surface area contributed by atoms with Gasteiger partial charge in [-0.15, -0.1) is 0 Å². The molecule has 0 saturated carbocycles. The number of Topliss-reactive ketones (excluding diaryl/α,β-unsaturated/α-hetero) is 1. The van der Waals surface area contributed by atoms with E-state index in [1.165, 1.54) is 31.2 Å². The van der Waals surface area contributed by atoms with E-state index in [9.17, 15) is 36.2 Å². The highest BCUT2D eigenvalue weighted by Gasteiger charge is 2.38. The van der Waals surface area contributed by atoms with E-state index < -0.39 is 41.9 Å². The number of aliphatic hydroxyl groups is 1. The van der Waals surface area contributed by atoms with Crippen molar-refractivity contribution in [1.29, 1.82) is 0 Å². The van der Waals surface area contributed by atoms with Crippen LogP contribution in [0.15, 0.2) is 48.5 Å². The predicted octanol–water partition coefficient (Wildman–Crippen LogP) is 5.01. The molecule has 3 nitrogen and oxygen atoms in total. The van der Waals surface area contributed by atoms with Crippen molar-refractivity contribution in [3.05, 3.63) is 65.2 Å². The lowest BCUT2D eigenvalue weighted by molar-refractivity contribution is -0.138. The summed E-state index contributed by atoms with van der Waals surface area (Å²) < 4.78 is 78.5. The summed E-state index contributed by atoms with van der Waals surface area (Å²) in [6.07, 6.45) is -11.7. The number of aliphatic hydroxyl groups excluding tert-OH is 1. The number of anilines is 1. The van der Waals surface area contributed by atoms with Crippen LogP contribution in [0.4, 0.5) is 32.0 Å². The highest BCUT2D eigenvalue weighted by atomic mass is 19.4. The van der Waals surface area contributed by atoms with E-state index >= 15 is 0 Å². The van der Waals surface area contributed by atoms with Crippen molar-refractivity contribution in [2.75, 3.05) is 18.0 Å². The van der Waals surface area contributed by atoms with Gasteiger partial charge in [0.15, 0.2) is 5.78 Å². The summed E-state index contributed by atoms with van der Waals surface area (Å²) in [5.74, 6) is -0.943. The lowest BCUT2D eigenvalue weighted by atomic mass is 9.95. The van der Waals surface area contributed by atoms with Gasteiger partial charge in [-0.2, -0.15) is 26.3 Å². The molecule has 9 heteroatoms. The molecule has 0 saturated heterocycles. The molecular formula is C19H17F6NO2. The van der Waals surface area contributed by atoms with E-state index in [0.29, 0.717) is 6.07 Å². The van der Waals surface area contributed by atoms with Crippen LogP contribution in [0, 0.1) is 0 Å². The normalized spacial score (nSPS) is 13.3. The van der Waals surface area contributed by atoms with Gasteiger partial charge < -0.3 is 10.0 Å². The Morgan fingerprint density at radius 3 is 2.14 bits per heavy atom. The lowest BCUT2D eigenvalue weighted by Gasteiger charge is -2.26. The van der Waals surface area contributed by atoms with Crippen LogP contribution in [0.5, 0.6) is 0 Å². The van der Waals surface area contributed by atoms with Gasteiger partial charge in [0.2, 0.25) is 0 Å². The second-order valence-corrected chi connectivity index (χ2v) is 6.03. The molecule has 0 radical (unpaired) electrons. The first-order valence-corrected chi connectivity index (χ1v) is 8.24. The Kier molecular flexibility index (Phi) is 6.38. The van der Waals surface area contributed by atoms with Gasteiger partial charge in [-0.05, 0) is 19.1 Å². The minimum absolute atomic E-state index is 0.0134. The number of rotatable bonds is 6. The van der Waals surface area contributed by atoms with E-state index in [-0.39, 0.29) is 17.8 Å². The van der Waals surface area contributed by atoms with E-state index in [1.54, 1.807) is 6.07 Å². The number of carbonyl (C=O) groups excluding carboxylic acids is 1. The fraction of sp³-hybridized carbons (Fsp3) is 0.316. The molecule has 0 fully saturated rings. The Labute approximate surface area is 157 Å². The van der Waals surface area contributed by atoms with Gasteiger partial charge in [0, 0.05) is 23.4 Å². The molecule has 0 aliphatic rings. The van der Waals surface area contributed by atoms with Crippen molar-refractivity contribution in [3.8, 4) is 0 Å². The summed E-state index contributed by atoms with van der Waals surface area (Å²) in [6, 6.07) is 9.65. The van der Waals surface area contributed by atoms with Crippen LogP contribution in [-0.2, 0) is 6.18 Å². The van der Waals surface area contributed by atoms with Gasteiger partial charge in [-0.25, -0.2) is 0 Å². The highest BCUT2D eigenvalue weighted by molar-refractivity contribution is 6.00. The maximum absolute atomic E-state index is 13.5. The first kappa shape index (κ1) is 21.7. The molecule has 0 amide bonds. The topological polar surface area (TPSA) is 40.5 Å². The highest BCUT2D eigenvalue weighted by Crippen LogP contribution is 2.38. The van der Waals surface area contributed by atoms with Crippen molar-refractivity contribution in [2.45, 2.75) is 25.4 Å². The Bertz CT molecular complexity index is 817. The molecule has 0 bridgehead atoms. The van der Waals surface area contributed by atoms with Crippen molar-refractivity contribution < 1.29 is 36.2 Å². The molecule has 1 N–H and O–H groups in total. The van der Waals surface area contributed by atoms with Crippen LogP contribution in [-0.4, -0.2) is 30.2 Å². The van der Waals surface area contributed by atoms with Crippen LogP contribution in [0.1, 0.15) is 34.5 Å². The van der Waals surface area contributed by atoms with E-state index in [4.69, 9.17) is 0 Å². The van der Waals surface area contributed by atoms with Gasteiger partial charge in [0.05, 0.1) is 5.56 Å². The Morgan fingerprint density at radius 1 is 1.04 bits per heavy atom. The summed E-state index contributed by atoms with van der Waals surface area (Å²) in [5.41, 5.74) is -2.37. The number of carbonyl (C=O) groups is 1. The lowest BCUT2D eigenvalue weighted by Crippen LogP contribution is -2.34. The van der Waals surface area contributed by atoms with Gasteiger partial charge in [-0.1, -0.05) is 36.4 Å². The molecule has 1 unspecified atom stereocenters. The molecule has 0 aliphatic carbocycles. The number of hydrogen-bond donors (Lipinski definition) is 1. The first-order chi connectivity index (χ1) is 12.9. The van der Waals surface area contributed by atoms with Gasteiger partial charge in [0.25, 0.3) is 0 Å². The fourth-order valence-electron chi connectivity index (χ4n) is 2.73. The average Bonchev–Trinajstić information content (AvgIpc) is 2.63. The number of halogens is 6. The number of benzene rings is 2. The number of hydrogen-bond acceptors (Lipinski definition) is 3. The maximum Gasteiger partial charge on any atom is 0.416 e. The SMILES string of the molecule is CCN(CC(F)(F)F)c1ccc(C(O)C(=O)c2ccccc2)c(C(F)(F)F)c1. The second kappa shape index (κ2) is 8.22. The zero-order chi connectivity index (χ0) is 21.1. The van der Waals surface area contributed by atoms with Gasteiger partial charge in [-0.3, -0.25) is 4.79 Å². The largest absolute Gasteiger partial charge is 0.416 e. The third kappa shape index (κ3) is 5.25. The molecule has 2 rings (SSSR count). The summed E-state index contributed by atoms with van der Waals surface area (Å²) in [4.78, 5) is 13.0. The number of ketones is 1. The molecule has 0 heterocycles. The quantitative estimate of drug-likeness (QED) is 0.543. The standard InChI is InChI=1S/C19H17F6NO2/c1-2-26(11-18(20,21)22)13-8-9-14(15(10-13)19(23,24)25)17(28)16(27)12-6-4-3-5-7-12/h3-10,17,28H,2,11H2,1H3. The average molecular weight is 405 g/mol. The molecule has 152 valence electrons.